The normalized spacial score (nSPS) is 17.0. The summed E-state index contributed by atoms with van der Waals surface area (Å²) in [6.45, 7) is 2.47. The van der Waals surface area contributed by atoms with Gasteiger partial charge in [-0.25, -0.2) is 4.79 Å². The number of urea groups is 1. The number of hydrogen-bond donors (Lipinski definition) is 2. The number of hydrogen-bond acceptors (Lipinski definition) is 3. The van der Waals surface area contributed by atoms with E-state index in [0.29, 0.717) is 12.4 Å². The Balaban J connectivity index is 1.94. The van der Waals surface area contributed by atoms with Gasteiger partial charge in [-0.3, -0.25) is 10.00 Å². The Labute approximate surface area is 126 Å². The average molecular weight is 294 g/mol. The van der Waals surface area contributed by atoms with Crippen LogP contribution < -0.4 is 5.32 Å². The number of nitrogens with zero attached hydrogens (tertiary/aromatic N) is 3. The molecule has 1 saturated carbocycles. The van der Waals surface area contributed by atoms with Gasteiger partial charge in [0.1, 0.15) is 5.82 Å². The molecule has 0 spiro atoms. The van der Waals surface area contributed by atoms with Gasteiger partial charge in [0, 0.05) is 20.2 Å². The number of aromatic nitrogens is 2. The lowest BCUT2D eigenvalue weighted by Crippen LogP contribution is -2.43. The summed E-state index contributed by atoms with van der Waals surface area (Å²) in [5.41, 5.74) is 0.263. The predicted molar refractivity (Wildman–Crippen MR) is 82.3 cm³/mol. The molecular formula is C15H26N4O2. The van der Waals surface area contributed by atoms with Gasteiger partial charge in [-0.05, 0) is 19.3 Å². The summed E-state index contributed by atoms with van der Waals surface area (Å²) < 4.78 is 1.68. The smallest absolute Gasteiger partial charge is 0.322 e. The monoisotopic (exact) mass is 294 g/mol. The maximum atomic E-state index is 12.2. The van der Waals surface area contributed by atoms with E-state index in [0.717, 1.165) is 44.2 Å². The van der Waals surface area contributed by atoms with Crippen LogP contribution in [0.1, 0.15) is 44.7 Å². The molecule has 2 N–H and O–H groups in total. The fourth-order valence-corrected chi connectivity index (χ4v) is 2.93. The van der Waals surface area contributed by atoms with E-state index in [1.807, 2.05) is 13.1 Å². The highest BCUT2D eigenvalue weighted by atomic mass is 16.3. The van der Waals surface area contributed by atoms with Crippen molar-refractivity contribution in [1.29, 1.82) is 0 Å². The molecule has 0 saturated heterocycles. The third-order valence-corrected chi connectivity index (χ3v) is 4.08. The second-order valence-electron chi connectivity index (χ2n) is 6.11. The molecule has 0 atom stereocenters. The zero-order valence-corrected chi connectivity index (χ0v) is 13.2. The number of carbonyl (C=O) groups is 1. The number of likely N-dealkylation sites (N-methyl/N-ethyl adjacent to an activating group) is 1. The molecule has 2 rings (SSSR count). The summed E-state index contributed by atoms with van der Waals surface area (Å²) in [7, 11) is 3.54. The van der Waals surface area contributed by atoms with Crippen molar-refractivity contribution >= 4 is 11.8 Å². The molecule has 1 aromatic heterocycles. The molecule has 1 heterocycles. The lowest BCUT2D eigenvalue weighted by atomic mass is 10.0. The standard InChI is InChI=1S/C15H26N4O2/c1-4-7-12-10-13(19(3)17-12)16-14(20)18(2)11-15(21)8-5-6-9-15/h10,21H,4-9,11H2,1-3H3,(H,16,20). The first kappa shape index (κ1) is 15.8. The van der Waals surface area contributed by atoms with Crippen molar-refractivity contribution in [3.63, 3.8) is 0 Å². The van der Waals surface area contributed by atoms with E-state index in [-0.39, 0.29) is 6.03 Å². The van der Waals surface area contributed by atoms with Gasteiger partial charge in [0.2, 0.25) is 0 Å². The van der Waals surface area contributed by atoms with Gasteiger partial charge < -0.3 is 10.0 Å². The summed E-state index contributed by atoms with van der Waals surface area (Å²) in [6, 6.07) is 1.70. The Morgan fingerprint density at radius 2 is 2.19 bits per heavy atom. The summed E-state index contributed by atoms with van der Waals surface area (Å²) in [5.74, 6) is 0.689. The molecule has 0 bridgehead atoms. The molecule has 1 aliphatic carbocycles. The van der Waals surface area contributed by atoms with Crippen molar-refractivity contribution in [3.05, 3.63) is 11.8 Å². The van der Waals surface area contributed by atoms with Crippen LogP contribution in [0.2, 0.25) is 0 Å². The lowest BCUT2D eigenvalue weighted by molar-refractivity contribution is 0.0261. The van der Waals surface area contributed by atoms with Gasteiger partial charge in [0.05, 0.1) is 17.8 Å². The van der Waals surface area contributed by atoms with Crippen molar-refractivity contribution in [2.45, 2.75) is 51.0 Å². The maximum Gasteiger partial charge on any atom is 0.322 e. The van der Waals surface area contributed by atoms with Gasteiger partial charge in [-0.15, -0.1) is 0 Å². The Bertz CT molecular complexity index is 492. The third-order valence-electron chi connectivity index (χ3n) is 4.08. The summed E-state index contributed by atoms with van der Waals surface area (Å²) >= 11 is 0. The molecular weight excluding hydrogens is 268 g/mol. The van der Waals surface area contributed by atoms with Gasteiger partial charge in [-0.2, -0.15) is 5.10 Å². The molecule has 0 aliphatic heterocycles. The van der Waals surface area contributed by atoms with Gasteiger partial charge >= 0.3 is 6.03 Å². The van der Waals surface area contributed by atoms with Crippen LogP contribution in [0.4, 0.5) is 10.6 Å². The van der Waals surface area contributed by atoms with Gasteiger partial charge in [-0.1, -0.05) is 26.2 Å². The topological polar surface area (TPSA) is 70.4 Å². The van der Waals surface area contributed by atoms with E-state index < -0.39 is 5.60 Å². The van der Waals surface area contributed by atoms with Crippen LogP contribution >= 0.6 is 0 Å². The minimum absolute atomic E-state index is 0.207. The summed E-state index contributed by atoms with van der Waals surface area (Å²) in [6.07, 6.45) is 5.55. The Morgan fingerprint density at radius 1 is 1.52 bits per heavy atom. The number of aryl methyl sites for hydroxylation is 2. The van der Waals surface area contributed by atoms with Crippen molar-refractivity contribution in [3.8, 4) is 0 Å². The van der Waals surface area contributed by atoms with Crippen molar-refractivity contribution in [1.82, 2.24) is 14.7 Å². The number of rotatable bonds is 5. The molecule has 0 unspecified atom stereocenters. The van der Waals surface area contributed by atoms with E-state index >= 15 is 0 Å². The van der Waals surface area contributed by atoms with Gasteiger partial charge in [0.25, 0.3) is 0 Å². The molecule has 0 aromatic carbocycles. The minimum Gasteiger partial charge on any atom is -0.388 e. The fraction of sp³-hybridized carbons (Fsp3) is 0.733. The zero-order valence-electron chi connectivity index (χ0n) is 13.2. The second kappa shape index (κ2) is 6.47. The Morgan fingerprint density at radius 3 is 2.81 bits per heavy atom. The molecule has 1 fully saturated rings. The first-order valence-electron chi connectivity index (χ1n) is 7.71. The average Bonchev–Trinajstić information content (AvgIpc) is 2.97. The number of aliphatic hydroxyl groups is 1. The van der Waals surface area contributed by atoms with Crippen LogP contribution in [-0.4, -0.2) is 45.0 Å². The molecule has 21 heavy (non-hydrogen) atoms. The van der Waals surface area contributed by atoms with Crippen LogP contribution in [0.15, 0.2) is 6.07 Å². The van der Waals surface area contributed by atoms with E-state index in [1.54, 1.807) is 16.6 Å². The molecule has 1 aromatic rings. The van der Waals surface area contributed by atoms with Crippen molar-refractivity contribution in [2.24, 2.45) is 7.05 Å². The van der Waals surface area contributed by atoms with E-state index in [4.69, 9.17) is 0 Å². The van der Waals surface area contributed by atoms with Crippen LogP contribution in [0.3, 0.4) is 0 Å². The van der Waals surface area contributed by atoms with Crippen LogP contribution in [0, 0.1) is 0 Å². The van der Waals surface area contributed by atoms with Crippen molar-refractivity contribution < 1.29 is 9.90 Å². The number of carbonyl (C=O) groups excluding carboxylic acids is 1. The van der Waals surface area contributed by atoms with E-state index in [1.165, 1.54) is 0 Å². The highest BCUT2D eigenvalue weighted by Crippen LogP contribution is 2.30. The second-order valence-corrected chi connectivity index (χ2v) is 6.11. The maximum absolute atomic E-state index is 12.2. The SMILES string of the molecule is CCCc1cc(NC(=O)N(C)CC2(O)CCCC2)n(C)n1. The molecule has 2 amide bonds. The molecule has 118 valence electrons. The van der Waals surface area contributed by atoms with E-state index in [9.17, 15) is 9.90 Å². The molecule has 1 aliphatic rings. The van der Waals surface area contributed by atoms with Crippen LogP contribution in [-0.2, 0) is 13.5 Å². The molecule has 6 nitrogen and oxygen atoms in total. The first-order chi connectivity index (χ1) is 9.93. The van der Waals surface area contributed by atoms with Crippen LogP contribution in [0.5, 0.6) is 0 Å². The third kappa shape index (κ3) is 3.97. The summed E-state index contributed by atoms with van der Waals surface area (Å²) in [5, 5.41) is 17.6. The van der Waals surface area contributed by atoms with Gasteiger partial charge in [0.15, 0.2) is 0 Å². The van der Waals surface area contributed by atoms with Crippen LogP contribution in [0.25, 0.3) is 0 Å². The van der Waals surface area contributed by atoms with Crippen molar-refractivity contribution in [2.75, 3.05) is 18.9 Å². The molecule has 6 heteroatoms. The first-order valence-corrected chi connectivity index (χ1v) is 7.71. The highest BCUT2D eigenvalue weighted by molar-refractivity contribution is 5.88. The summed E-state index contributed by atoms with van der Waals surface area (Å²) in [4.78, 5) is 13.8. The van der Waals surface area contributed by atoms with E-state index in [2.05, 4.69) is 17.3 Å². The Kier molecular flexibility index (Phi) is 4.88. The predicted octanol–water partition coefficient (Wildman–Crippen LogP) is 2.14. The quantitative estimate of drug-likeness (QED) is 0.874. The lowest BCUT2D eigenvalue weighted by Gasteiger charge is -2.28. The largest absolute Gasteiger partial charge is 0.388 e. The number of nitrogens with one attached hydrogen (secondary N) is 1. The molecule has 0 radical (unpaired) electrons. The highest BCUT2D eigenvalue weighted by Gasteiger charge is 2.33. The number of amides is 2. The minimum atomic E-state index is -0.716. The Hall–Kier alpha value is -1.56. The number of anilines is 1. The fourth-order valence-electron chi connectivity index (χ4n) is 2.93. The zero-order chi connectivity index (χ0) is 15.5.